The van der Waals surface area contributed by atoms with Crippen LogP contribution in [0.25, 0.3) is 11.1 Å². The number of fused-ring (bicyclic) bond motifs is 1. The summed E-state index contributed by atoms with van der Waals surface area (Å²) >= 11 is 12.8. The van der Waals surface area contributed by atoms with E-state index >= 15 is 0 Å². The summed E-state index contributed by atoms with van der Waals surface area (Å²) in [6.07, 6.45) is 6.03. The number of hydrogen-bond donors (Lipinski definition) is 1. The highest BCUT2D eigenvalue weighted by Gasteiger charge is 2.23. The molecule has 2 aromatic heterocycles. The lowest BCUT2D eigenvalue weighted by atomic mass is 9.95. The van der Waals surface area contributed by atoms with Gasteiger partial charge >= 0.3 is 0 Å². The van der Waals surface area contributed by atoms with Crippen LogP contribution in [-0.2, 0) is 11.2 Å². The van der Waals surface area contributed by atoms with Crippen molar-refractivity contribution < 1.29 is 9.59 Å². The van der Waals surface area contributed by atoms with Crippen LogP contribution in [0.3, 0.4) is 0 Å². The summed E-state index contributed by atoms with van der Waals surface area (Å²) < 4.78 is 0. The second kappa shape index (κ2) is 8.65. The first-order valence-electron chi connectivity index (χ1n) is 9.81. The van der Waals surface area contributed by atoms with Crippen LogP contribution in [0.15, 0.2) is 48.9 Å². The second-order valence-electron chi connectivity index (χ2n) is 7.42. The maximum atomic E-state index is 12.6. The Labute approximate surface area is 190 Å². The number of nitrogens with zero attached hydrogens (tertiary/aromatic N) is 3. The van der Waals surface area contributed by atoms with Gasteiger partial charge in [0.1, 0.15) is 5.69 Å². The van der Waals surface area contributed by atoms with E-state index in [4.69, 9.17) is 23.2 Å². The monoisotopic (exact) mass is 454 g/mol. The number of rotatable bonds is 4. The minimum absolute atomic E-state index is 0.111. The second-order valence-corrected chi connectivity index (χ2v) is 8.20. The molecule has 1 unspecified atom stereocenters. The Morgan fingerprint density at radius 3 is 2.77 bits per heavy atom. The highest BCUT2D eigenvalue weighted by Crippen LogP contribution is 2.36. The normalized spacial score (nSPS) is 14.2. The maximum Gasteiger partial charge on any atom is 0.271 e. The van der Waals surface area contributed by atoms with Gasteiger partial charge in [0.25, 0.3) is 5.91 Å². The zero-order chi connectivity index (χ0) is 22.1. The van der Waals surface area contributed by atoms with Gasteiger partial charge < -0.3 is 10.2 Å². The summed E-state index contributed by atoms with van der Waals surface area (Å²) in [5.41, 5.74) is 4.51. The standard InChI is InChI=1S/C23H20Cl2N4O2/c1-13(28-23(31)22-18(24)4-3-9-27-22)16-11-26-12-17(21(16)25)14-5-7-19-15(10-14)6-8-20(30)29(19)2/h3-5,7,9-13H,6,8H2,1-2H3,(H,28,31). The van der Waals surface area contributed by atoms with E-state index in [0.717, 1.165) is 22.4 Å². The number of aromatic nitrogens is 2. The van der Waals surface area contributed by atoms with Crippen molar-refractivity contribution in [1.82, 2.24) is 15.3 Å². The fourth-order valence-electron chi connectivity index (χ4n) is 3.68. The van der Waals surface area contributed by atoms with Gasteiger partial charge in [-0.2, -0.15) is 0 Å². The molecule has 6 nitrogen and oxygen atoms in total. The van der Waals surface area contributed by atoms with E-state index in [2.05, 4.69) is 15.3 Å². The number of halogens is 2. The summed E-state index contributed by atoms with van der Waals surface area (Å²) in [5.74, 6) is -0.277. The van der Waals surface area contributed by atoms with E-state index in [0.29, 0.717) is 23.4 Å². The fourth-order valence-corrected chi connectivity index (χ4v) is 4.26. The molecule has 0 aliphatic carbocycles. The van der Waals surface area contributed by atoms with Crippen molar-refractivity contribution in [2.24, 2.45) is 0 Å². The molecular weight excluding hydrogens is 435 g/mol. The van der Waals surface area contributed by atoms with Crippen LogP contribution in [-0.4, -0.2) is 28.8 Å². The molecule has 2 amide bonds. The number of carbonyl (C=O) groups is 2. The lowest BCUT2D eigenvalue weighted by Gasteiger charge is -2.26. The third-order valence-corrected chi connectivity index (χ3v) is 6.16. The van der Waals surface area contributed by atoms with Crippen LogP contribution in [0.4, 0.5) is 5.69 Å². The van der Waals surface area contributed by atoms with E-state index < -0.39 is 6.04 Å². The Bertz CT molecular complexity index is 1180. The van der Waals surface area contributed by atoms with E-state index in [1.54, 1.807) is 36.5 Å². The van der Waals surface area contributed by atoms with Crippen LogP contribution in [0.1, 0.15) is 41.0 Å². The number of anilines is 1. The lowest BCUT2D eigenvalue weighted by molar-refractivity contribution is -0.118. The Kier molecular flexibility index (Phi) is 5.94. The lowest BCUT2D eigenvalue weighted by Crippen LogP contribution is -2.31. The van der Waals surface area contributed by atoms with E-state index in [-0.39, 0.29) is 22.5 Å². The first kappa shape index (κ1) is 21.3. The molecule has 1 N–H and O–H groups in total. The van der Waals surface area contributed by atoms with Gasteiger partial charge in [-0.25, -0.2) is 4.98 Å². The molecule has 8 heteroatoms. The van der Waals surface area contributed by atoms with Crippen LogP contribution in [0.2, 0.25) is 10.0 Å². The van der Waals surface area contributed by atoms with Crippen LogP contribution >= 0.6 is 23.2 Å². The molecule has 1 aliphatic rings. The zero-order valence-electron chi connectivity index (χ0n) is 17.0. The minimum Gasteiger partial charge on any atom is -0.344 e. The van der Waals surface area contributed by atoms with Gasteiger partial charge in [0, 0.05) is 48.9 Å². The summed E-state index contributed by atoms with van der Waals surface area (Å²) in [7, 11) is 1.79. The van der Waals surface area contributed by atoms with Crippen molar-refractivity contribution in [3.63, 3.8) is 0 Å². The van der Waals surface area contributed by atoms with Gasteiger partial charge in [-0.15, -0.1) is 0 Å². The van der Waals surface area contributed by atoms with Crippen molar-refractivity contribution in [3.8, 4) is 11.1 Å². The highest BCUT2D eigenvalue weighted by atomic mass is 35.5. The molecule has 1 atom stereocenters. The topological polar surface area (TPSA) is 75.2 Å². The van der Waals surface area contributed by atoms with E-state index in [1.807, 2.05) is 25.1 Å². The van der Waals surface area contributed by atoms with E-state index in [9.17, 15) is 9.59 Å². The van der Waals surface area contributed by atoms with Crippen molar-refractivity contribution in [1.29, 1.82) is 0 Å². The Balaban J connectivity index is 1.62. The van der Waals surface area contributed by atoms with Gasteiger partial charge in [-0.05, 0) is 48.7 Å². The minimum atomic E-state index is -0.410. The van der Waals surface area contributed by atoms with Crippen LogP contribution < -0.4 is 10.2 Å². The Morgan fingerprint density at radius 2 is 2.00 bits per heavy atom. The SMILES string of the molecule is CC(NC(=O)c1ncccc1Cl)c1cncc(-c2ccc3c(c2)CCC(=O)N3C)c1Cl. The molecule has 0 saturated carbocycles. The molecule has 3 aromatic rings. The third-order valence-electron chi connectivity index (χ3n) is 5.43. The van der Waals surface area contributed by atoms with Crippen molar-refractivity contribution in [3.05, 3.63) is 75.8 Å². The van der Waals surface area contributed by atoms with Crippen LogP contribution in [0.5, 0.6) is 0 Å². The number of benzene rings is 1. The van der Waals surface area contributed by atoms with Gasteiger partial charge in [0.2, 0.25) is 5.91 Å². The molecule has 31 heavy (non-hydrogen) atoms. The van der Waals surface area contributed by atoms with Crippen molar-refractivity contribution >= 4 is 40.7 Å². The molecule has 1 aliphatic heterocycles. The molecule has 0 fully saturated rings. The molecule has 1 aromatic carbocycles. The quantitative estimate of drug-likeness (QED) is 0.611. The third kappa shape index (κ3) is 4.13. The van der Waals surface area contributed by atoms with Crippen molar-refractivity contribution in [2.45, 2.75) is 25.8 Å². The number of carbonyl (C=O) groups excluding carboxylic acids is 2. The van der Waals surface area contributed by atoms with Gasteiger partial charge in [0.05, 0.1) is 16.1 Å². The maximum absolute atomic E-state index is 12.6. The molecule has 0 saturated heterocycles. The summed E-state index contributed by atoms with van der Waals surface area (Å²) in [6, 6.07) is 8.77. The fraction of sp³-hybridized carbons (Fsp3) is 0.217. The average Bonchev–Trinajstić information content (AvgIpc) is 2.76. The van der Waals surface area contributed by atoms with Crippen LogP contribution in [0, 0.1) is 0 Å². The Morgan fingerprint density at radius 1 is 1.19 bits per heavy atom. The highest BCUT2D eigenvalue weighted by molar-refractivity contribution is 6.34. The average molecular weight is 455 g/mol. The molecule has 0 radical (unpaired) electrons. The molecule has 3 heterocycles. The van der Waals surface area contributed by atoms with Gasteiger partial charge in [-0.1, -0.05) is 29.3 Å². The first-order chi connectivity index (χ1) is 14.9. The number of pyridine rings is 2. The predicted octanol–water partition coefficient (Wildman–Crippen LogP) is 4.85. The number of hydrogen-bond acceptors (Lipinski definition) is 4. The van der Waals surface area contributed by atoms with E-state index in [1.165, 1.54) is 6.20 Å². The largest absolute Gasteiger partial charge is 0.344 e. The summed E-state index contributed by atoms with van der Waals surface area (Å²) in [4.78, 5) is 34.6. The number of nitrogens with one attached hydrogen (secondary N) is 1. The number of aryl methyl sites for hydroxylation is 1. The number of amides is 2. The molecule has 0 spiro atoms. The molecule has 4 rings (SSSR count). The summed E-state index contributed by atoms with van der Waals surface area (Å²) in [5, 5.41) is 3.67. The summed E-state index contributed by atoms with van der Waals surface area (Å²) in [6.45, 7) is 1.83. The van der Waals surface area contributed by atoms with Gasteiger partial charge in [0.15, 0.2) is 0 Å². The molecule has 158 valence electrons. The zero-order valence-corrected chi connectivity index (χ0v) is 18.5. The molecule has 0 bridgehead atoms. The Hall–Kier alpha value is -2.96. The van der Waals surface area contributed by atoms with Crippen molar-refractivity contribution in [2.75, 3.05) is 11.9 Å². The smallest absolute Gasteiger partial charge is 0.271 e. The predicted molar refractivity (Wildman–Crippen MR) is 122 cm³/mol. The first-order valence-corrected chi connectivity index (χ1v) is 10.6. The van der Waals surface area contributed by atoms with Gasteiger partial charge in [-0.3, -0.25) is 14.6 Å². The molecular formula is C23H20Cl2N4O2.